The second-order valence-corrected chi connectivity index (χ2v) is 16.8. The number of hydroxylamine groups is 2. The van der Waals surface area contributed by atoms with Crippen LogP contribution < -0.4 is 10.0 Å². The topological polar surface area (TPSA) is 111 Å². The second kappa shape index (κ2) is 11.9. The maximum absolute atomic E-state index is 12.5. The molecule has 42 heavy (non-hydrogen) atoms. The molecule has 12 atom stereocenters. The molecule has 0 aromatic carbocycles. The molecule has 1 heterocycles. The third-order valence-corrected chi connectivity index (χ3v) is 14.8. The Bertz CT molecular complexity index is 1020. The lowest BCUT2D eigenvalue weighted by atomic mass is 9.41. The lowest BCUT2D eigenvalue weighted by molar-refractivity contribution is -0.203. The molecule has 6 rings (SSSR count). The average Bonchev–Trinajstić information content (AvgIpc) is 3.61. The van der Waals surface area contributed by atoms with Gasteiger partial charge in [-0.15, -0.1) is 0 Å². The average molecular weight is 608 g/mol. The molecule has 1 aliphatic heterocycles. The first-order valence-corrected chi connectivity index (χ1v) is 18.3. The molecule has 6 aliphatic rings. The van der Waals surface area contributed by atoms with Crippen LogP contribution in [-0.2, 0) is 15.6 Å². The summed E-state index contributed by atoms with van der Waals surface area (Å²) in [6.45, 7) is 11.7. The van der Waals surface area contributed by atoms with Gasteiger partial charge in [-0.1, -0.05) is 34.1 Å². The number of hydrogen-bond donors (Lipinski definition) is 4. The van der Waals surface area contributed by atoms with Crippen molar-refractivity contribution in [3.63, 3.8) is 0 Å². The van der Waals surface area contributed by atoms with Crippen molar-refractivity contribution in [3.8, 4) is 0 Å². The van der Waals surface area contributed by atoms with Gasteiger partial charge in [0.15, 0.2) is 0 Å². The van der Waals surface area contributed by atoms with Crippen molar-refractivity contribution >= 4 is 17.3 Å². The molecule has 0 aromatic heterocycles. The summed E-state index contributed by atoms with van der Waals surface area (Å²) in [4.78, 5) is 12.5. The summed E-state index contributed by atoms with van der Waals surface area (Å²) in [6.07, 6.45) is 13.8. The Balaban J connectivity index is 1.01. The zero-order chi connectivity index (χ0) is 29.9. The Morgan fingerprint density at radius 2 is 1.67 bits per heavy atom. The molecule has 240 valence electrons. The molecule has 1 spiro atoms. The molecule has 0 aromatic rings. The van der Waals surface area contributed by atoms with Crippen molar-refractivity contribution in [1.82, 2.24) is 15.1 Å². The van der Waals surface area contributed by atoms with Crippen LogP contribution in [0.4, 0.5) is 4.79 Å². The Labute approximate surface area is 256 Å². The number of rotatable bonds is 8. The second-order valence-electron chi connectivity index (χ2n) is 16.0. The van der Waals surface area contributed by atoms with Crippen LogP contribution in [0.3, 0.4) is 0 Å². The summed E-state index contributed by atoms with van der Waals surface area (Å²) in [5.74, 6) is 3.19. The van der Waals surface area contributed by atoms with E-state index in [9.17, 15) is 19.2 Å². The van der Waals surface area contributed by atoms with E-state index in [1.807, 2.05) is 0 Å². The summed E-state index contributed by atoms with van der Waals surface area (Å²) in [6, 6.07) is -0.441. The zero-order valence-electron chi connectivity index (χ0n) is 26.5. The number of piperidine rings is 1. The Hall–Kier alpha value is -0.740. The van der Waals surface area contributed by atoms with Gasteiger partial charge in [-0.3, -0.25) is 0 Å². The van der Waals surface area contributed by atoms with Crippen molar-refractivity contribution in [1.29, 1.82) is 0 Å². The van der Waals surface area contributed by atoms with Crippen molar-refractivity contribution in [2.24, 2.45) is 57.7 Å². The third kappa shape index (κ3) is 5.60. The highest BCUT2D eigenvalue weighted by atomic mass is 32.2. The van der Waals surface area contributed by atoms with E-state index in [1.165, 1.54) is 38.5 Å². The fourth-order valence-electron chi connectivity index (χ4n) is 11.5. The molecule has 0 radical (unpaired) electrons. The number of nitrogens with zero attached hydrogens (tertiary/aromatic N) is 1. The van der Waals surface area contributed by atoms with E-state index in [4.69, 9.17) is 4.28 Å². The van der Waals surface area contributed by atoms with Gasteiger partial charge in [0, 0.05) is 19.6 Å². The van der Waals surface area contributed by atoms with E-state index in [0.717, 1.165) is 58.0 Å². The Kier molecular flexibility index (Phi) is 8.84. The van der Waals surface area contributed by atoms with Crippen molar-refractivity contribution in [2.75, 3.05) is 19.6 Å². The van der Waals surface area contributed by atoms with E-state index < -0.39 is 17.3 Å². The molecule has 5 saturated carbocycles. The van der Waals surface area contributed by atoms with Gasteiger partial charge in [0.2, 0.25) is 0 Å². The fourth-order valence-corrected chi connectivity index (χ4v) is 12.1. The van der Waals surface area contributed by atoms with Gasteiger partial charge in [-0.05, 0) is 135 Å². The maximum atomic E-state index is 12.5. The van der Waals surface area contributed by atoms with E-state index in [1.54, 1.807) is 5.06 Å². The first kappa shape index (κ1) is 31.3. The standard InChI is InChI=1S/C33H57N3O5S/c1-5-23-27-20-22(37)8-11-32(27,4)26-9-12-31(3)24(6-7-25(31)28(26)29(23)38)21(2)10-17-34-30(39)35-42(40)41-36-18-15-33(13-14-33)16-19-36/h21-29,37-38H,5-20H2,1-4H3,(H2,34,35,39)/t21-,22-,23-,24-,25+,26+,27+,28+,29-,31-,32-,42?/m1/s1. The van der Waals surface area contributed by atoms with E-state index >= 15 is 0 Å². The first-order valence-electron chi connectivity index (χ1n) is 17.3. The van der Waals surface area contributed by atoms with Crippen LogP contribution in [0.5, 0.6) is 0 Å². The lowest BCUT2D eigenvalue weighted by Gasteiger charge is -2.64. The number of fused-ring (bicyclic) bond motifs is 5. The van der Waals surface area contributed by atoms with Gasteiger partial charge < -0.3 is 15.5 Å². The minimum absolute atomic E-state index is 0.209. The Morgan fingerprint density at radius 3 is 2.36 bits per heavy atom. The predicted octanol–water partition coefficient (Wildman–Crippen LogP) is 5.32. The third-order valence-electron chi connectivity index (χ3n) is 14.1. The van der Waals surface area contributed by atoms with E-state index in [0.29, 0.717) is 47.5 Å². The number of amides is 2. The normalized spacial score (nSPS) is 45.8. The van der Waals surface area contributed by atoms with Crippen LogP contribution in [0.15, 0.2) is 0 Å². The monoisotopic (exact) mass is 607 g/mol. The molecule has 1 unspecified atom stereocenters. The van der Waals surface area contributed by atoms with Gasteiger partial charge in [-0.25, -0.2) is 13.7 Å². The van der Waals surface area contributed by atoms with Gasteiger partial charge in [0.25, 0.3) is 11.3 Å². The first-order chi connectivity index (χ1) is 20.0. The number of hydrogen-bond acceptors (Lipinski definition) is 6. The number of urea groups is 1. The summed E-state index contributed by atoms with van der Waals surface area (Å²) in [5.41, 5.74) is 0.958. The van der Waals surface area contributed by atoms with Crippen molar-refractivity contribution in [2.45, 2.75) is 123 Å². The van der Waals surface area contributed by atoms with Crippen LogP contribution in [0, 0.1) is 57.7 Å². The van der Waals surface area contributed by atoms with Crippen LogP contribution in [0.1, 0.15) is 111 Å². The molecule has 8 nitrogen and oxygen atoms in total. The van der Waals surface area contributed by atoms with Gasteiger partial charge in [-0.2, -0.15) is 9.35 Å². The number of nitrogens with one attached hydrogen (secondary N) is 2. The van der Waals surface area contributed by atoms with Crippen molar-refractivity contribution < 1.29 is 23.5 Å². The van der Waals surface area contributed by atoms with Crippen LogP contribution in [-0.4, -0.2) is 57.4 Å². The molecular weight excluding hydrogens is 550 g/mol. The van der Waals surface area contributed by atoms with E-state index in [2.05, 4.69) is 37.7 Å². The smallest absolute Gasteiger partial charge is 0.328 e. The summed E-state index contributed by atoms with van der Waals surface area (Å²) >= 11 is -1.87. The van der Waals surface area contributed by atoms with Gasteiger partial charge in [0.1, 0.15) is 0 Å². The predicted molar refractivity (Wildman–Crippen MR) is 164 cm³/mol. The molecule has 6 fully saturated rings. The molecule has 1 saturated heterocycles. The summed E-state index contributed by atoms with van der Waals surface area (Å²) in [7, 11) is 0. The quantitative estimate of drug-likeness (QED) is 0.297. The highest BCUT2D eigenvalue weighted by Gasteiger charge is 2.64. The molecule has 9 heteroatoms. The fraction of sp³-hybridized carbons (Fsp3) is 0.970. The highest BCUT2D eigenvalue weighted by molar-refractivity contribution is 7.78. The molecular formula is C33H57N3O5S. The Morgan fingerprint density at radius 1 is 0.976 bits per heavy atom. The summed E-state index contributed by atoms with van der Waals surface area (Å²) < 4.78 is 20.3. The largest absolute Gasteiger partial charge is 0.393 e. The van der Waals surface area contributed by atoms with E-state index in [-0.39, 0.29) is 29.0 Å². The summed E-state index contributed by atoms with van der Waals surface area (Å²) in [5, 5.41) is 27.1. The van der Waals surface area contributed by atoms with Crippen LogP contribution in [0.25, 0.3) is 0 Å². The molecule has 2 amide bonds. The number of carbonyl (C=O) groups excluding carboxylic acids is 1. The number of aliphatic hydroxyl groups excluding tert-OH is 2. The van der Waals surface area contributed by atoms with Crippen LogP contribution >= 0.6 is 0 Å². The minimum atomic E-state index is -1.87. The van der Waals surface area contributed by atoms with Gasteiger partial charge >= 0.3 is 6.03 Å². The van der Waals surface area contributed by atoms with Crippen LogP contribution in [0.2, 0.25) is 0 Å². The van der Waals surface area contributed by atoms with Gasteiger partial charge in [0.05, 0.1) is 12.2 Å². The molecule has 5 aliphatic carbocycles. The molecule has 4 N–H and O–H groups in total. The van der Waals surface area contributed by atoms with Crippen molar-refractivity contribution in [3.05, 3.63) is 0 Å². The number of carbonyl (C=O) groups is 1. The molecule has 0 bridgehead atoms. The number of aliphatic hydroxyl groups is 2. The highest BCUT2D eigenvalue weighted by Crippen LogP contribution is 2.69. The lowest BCUT2D eigenvalue weighted by Crippen LogP contribution is -2.62. The SMILES string of the molecule is CC[C@H]1[C@@H](O)[C@@H]2[C@H](CC[C@]3(C)[C@@H]([C@H](C)CCNC(=O)NS(=O)ON4CCC5(CC4)CC5)CC[C@@H]23)[C@@]2(C)CC[C@@H](O)C[C@@H]12. The minimum Gasteiger partial charge on any atom is -0.393 e. The zero-order valence-corrected chi connectivity index (χ0v) is 27.3. The maximum Gasteiger partial charge on any atom is 0.328 e.